The van der Waals surface area contributed by atoms with Crippen LogP contribution >= 0.6 is 0 Å². The summed E-state index contributed by atoms with van der Waals surface area (Å²) in [6, 6.07) is 0. The van der Waals surface area contributed by atoms with E-state index >= 15 is 0 Å². The molecule has 13 heavy (non-hydrogen) atoms. The van der Waals surface area contributed by atoms with Gasteiger partial charge in [-0.05, 0) is 38.5 Å². The summed E-state index contributed by atoms with van der Waals surface area (Å²) in [5, 5.41) is 4.54. The van der Waals surface area contributed by atoms with Gasteiger partial charge in [0.2, 0.25) is 0 Å². The van der Waals surface area contributed by atoms with Crippen LogP contribution in [0.5, 0.6) is 0 Å². The lowest BCUT2D eigenvalue weighted by molar-refractivity contribution is 0.303. The first-order valence-corrected chi connectivity index (χ1v) is 5.57. The number of rotatable bonds is 1. The molecule has 0 unspecified atom stereocenters. The summed E-state index contributed by atoms with van der Waals surface area (Å²) in [5.41, 5.74) is 1.34. The summed E-state index contributed by atoms with van der Waals surface area (Å²) < 4.78 is 0. The molecule has 0 aromatic rings. The highest BCUT2D eigenvalue weighted by molar-refractivity contribution is 5.01. The van der Waals surface area contributed by atoms with Gasteiger partial charge in [-0.3, -0.25) is 5.32 Å². The first kappa shape index (κ1) is 8.92. The maximum absolute atomic E-state index is 4.54. The van der Waals surface area contributed by atoms with Gasteiger partial charge in [0.15, 0.2) is 0 Å². The molecule has 0 atom stereocenters. The molecule has 0 N–H and O–H groups in total. The molecular weight excluding hydrogens is 160 g/mol. The maximum atomic E-state index is 4.54. The van der Waals surface area contributed by atoms with E-state index in [1.807, 2.05) is 0 Å². The Balaban J connectivity index is 1.85. The molecule has 0 spiro atoms. The molecule has 2 fully saturated rings. The molecule has 0 aromatic carbocycles. The van der Waals surface area contributed by atoms with Gasteiger partial charge in [0.25, 0.3) is 0 Å². The fourth-order valence-electron chi connectivity index (χ4n) is 2.08. The van der Waals surface area contributed by atoms with Crippen LogP contribution in [0.4, 0.5) is 0 Å². The zero-order chi connectivity index (χ0) is 8.93. The summed E-state index contributed by atoms with van der Waals surface area (Å²) in [6.07, 6.45) is 10.3. The first-order chi connectivity index (χ1) is 6.45. The third-order valence-electron chi connectivity index (χ3n) is 2.88. The van der Waals surface area contributed by atoms with Crippen LogP contribution in [0.2, 0.25) is 0 Å². The predicted molar refractivity (Wildman–Crippen MR) is 54.4 cm³/mol. The van der Waals surface area contributed by atoms with Gasteiger partial charge in [0, 0.05) is 25.8 Å². The van der Waals surface area contributed by atoms with E-state index in [1.165, 1.54) is 57.3 Å². The minimum atomic E-state index is 1.06. The minimum Gasteiger partial charge on any atom is -0.376 e. The zero-order valence-corrected chi connectivity index (χ0v) is 8.34. The van der Waals surface area contributed by atoms with E-state index in [0.717, 1.165) is 6.54 Å². The predicted octanol–water partition coefficient (Wildman–Crippen LogP) is 2.10. The number of likely N-dealkylation sites (tertiary alicyclic amines) is 1. The molecule has 2 nitrogen and oxygen atoms in total. The van der Waals surface area contributed by atoms with Gasteiger partial charge < -0.3 is 4.90 Å². The van der Waals surface area contributed by atoms with Crippen molar-refractivity contribution in [2.75, 3.05) is 19.6 Å². The smallest absolute Gasteiger partial charge is 0.0506 e. The molecule has 2 aliphatic rings. The lowest BCUT2D eigenvalue weighted by Crippen LogP contribution is -2.26. The summed E-state index contributed by atoms with van der Waals surface area (Å²) in [5.74, 6) is 0. The van der Waals surface area contributed by atoms with Crippen molar-refractivity contribution in [3.8, 4) is 0 Å². The van der Waals surface area contributed by atoms with Crippen molar-refractivity contribution in [2.45, 2.75) is 38.5 Å². The van der Waals surface area contributed by atoms with E-state index in [-0.39, 0.29) is 0 Å². The van der Waals surface area contributed by atoms with Gasteiger partial charge in [0.1, 0.15) is 0 Å². The van der Waals surface area contributed by atoms with Crippen molar-refractivity contribution in [3.05, 3.63) is 11.9 Å². The monoisotopic (exact) mass is 179 g/mol. The highest BCUT2D eigenvalue weighted by Gasteiger charge is 2.10. The van der Waals surface area contributed by atoms with E-state index in [4.69, 9.17) is 0 Å². The summed E-state index contributed by atoms with van der Waals surface area (Å²) in [7, 11) is 0. The van der Waals surface area contributed by atoms with Crippen LogP contribution in [0.25, 0.3) is 0 Å². The van der Waals surface area contributed by atoms with Crippen LogP contribution in [0, 0.1) is 0 Å². The maximum Gasteiger partial charge on any atom is 0.0506 e. The summed E-state index contributed by atoms with van der Waals surface area (Å²) >= 11 is 0. The molecule has 2 saturated heterocycles. The molecule has 73 valence electrons. The molecule has 0 amide bonds. The van der Waals surface area contributed by atoms with Crippen molar-refractivity contribution in [2.24, 2.45) is 0 Å². The van der Waals surface area contributed by atoms with Crippen LogP contribution < -0.4 is 5.32 Å². The van der Waals surface area contributed by atoms with E-state index in [2.05, 4.69) is 16.4 Å². The van der Waals surface area contributed by atoms with Crippen molar-refractivity contribution in [1.82, 2.24) is 10.2 Å². The van der Waals surface area contributed by atoms with Crippen molar-refractivity contribution < 1.29 is 0 Å². The average molecular weight is 179 g/mol. The van der Waals surface area contributed by atoms with Crippen molar-refractivity contribution in [1.29, 1.82) is 0 Å². The van der Waals surface area contributed by atoms with E-state index in [1.54, 1.807) is 0 Å². The third-order valence-corrected chi connectivity index (χ3v) is 2.88. The van der Waals surface area contributed by atoms with Gasteiger partial charge in [-0.2, -0.15) is 0 Å². The van der Waals surface area contributed by atoms with Crippen LogP contribution in [-0.2, 0) is 0 Å². The van der Waals surface area contributed by atoms with Crippen molar-refractivity contribution >= 4 is 0 Å². The van der Waals surface area contributed by atoms with E-state index in [9.17, 15) is 0 Å². The fraction of sp³-hybridized carbons (Fsp3) is 0.818. The molecule has 0 aromatic heterocycles. The quantitative estimate of drug-likeness (QED) is 0.602. The number of nitrogens with zero attached hydrogens (tertiary/aromatic N) is 2. The lowest BCUT2D eigenvalue weighted by Gasteiger charge is -2.27. The standard InChI is InChI=1S/C11H19N2/c1-4-8-13(9-5-1)10-11-6-2-3-7-12-11/h10H,1-9H2. The van der Waals surface area contributed by atoms with Crippen LogP contribution in [0.1, 0.15) is 38.5 Å². The van der Waals surface area contributed by atoms with Crippen molar-refractivity contribution in [3.63, 3.8) is 0 Å². The van der Waals surface area contributed by atoms with Crippen LogP contribution in [0.3, 0.4) is 0 Å². The molecule has 2 heteroatoms. The molecular formula is C11H19N2. The van der Waals surface area contributed by atoms with Gasteiger partial charge in [-0.15, -0.1) is 0 Å². The highest BCUT2D eigenvalue weighted by Crippen LogP contribution is 2.15. The summed E-state index contributed by atoms with van der Waals surface area (Å²) in [6.45, 7) is 3.55. The Morgan fingerprint density at radius 1 is 1.00 bits per heavy atom. The van der Waals surface area contributed by atoms with Crippen LogP contribution in [-0.4, -0.2) is 24.5 Å². The van der Waals surface area contributed by atoms with Gasteiger partial charge >= 0.3 is 0 Å². The molecule has 2 heterocycles. The Kier molecular flexibility index (Phi) is 3.11. The highest BCUT2D eigenvalue weighted by atomic mass is 15.1. The van der Waals surface area contributed by atoms with E-state index in [0.29, 0.717) is 0 Å². The lowest BCUT2D eigenvalue weighted by atomic mass is 10.1. The average Bonchev–Trinajstić information content (AvgIpc) is 2.21. The number of hydrogen-bond acceptors (Lipinski definition) is 1. The Labute approximate surface area is 81.0 Å². The Bertz CT molecular complexity index is 173. The first-order valence-electron chi connectivity index (χ1n) is 5.57. The van der Waals surface area contributed by atoms with Gasteiger partial charge in [0.05, 0.1) is 5.70 Å². The Hall–Kier alpha value is -0.660. The zero-order valence-electron chi connectivity index (χ0n) is 8.34. The largest absolute Gasteiger partial charge is 0.376 e. The number of hydrogen-bond donors (Lipinski definition) is 0. The normalized spacial score (nSPS) is 27.4. The molecule has 0 saturated carbocycles. The number of allylic oxidation sites excluding steroid dienone is 1. The third kappa shape index (κ3) is 2.64. The van der Waals surface area contributed by atoms with Gasteiger partial charge in [-0.25, -0.2) is 0 Å². The SMILES string of the molecule is C(=C1CCCC[N]1)N1CCCCC1. The van der Waals surface area contributed by atoms with Crippen LogP contribution in [0.15, 0.2) is 11.9 Å². The summed E-state index contributed by atoms with van der Waals surface area (Å²) in [4.78, 5) is 2.45. The Morgan fingerprint density at radius 2 is 1.85 bits per heavy atom. The second-order valence-corrected chi connectivity index (χ2v) is 4.06. The molecule has 0 aliphatic carbocycles. The molecule has 2 aliphatic heterocycles. The minimum absolute atomic E-state index is 1.06. The second-order valence-electron chi connectivity index (χ2n) is 4.06. The molecule has 2 rings (SSSR count). The van der Waals surface area contributed by atoms with Gasteiger partial charge in [-0.1, -0.05) is 0 Å². The van der Waals surface area contributed by atoms with E-state index < -0.39 is 0 Å². The number of piperidine rings is 2. The molecule has 0 bridgehead atoms. The Morgan fingerprint density at radius 3 is 2.54 bits per heavy atom. The molecule has 1 radical (unpaired) electrons. The topological polar surface area (TPSA) is 17.3 Å². The second kappa shape index (κ2) is 4.54. The fourth-order valence-corrected chi connectivity index (χ4v) is 2.08.